The topological polar surface area (TPSA) is 95.9 Å². The van der Waals surface area contributed by atoms with Gasteiger partial charge in [0.25, 0.3) is 0 Å². The lowest BCUT2D eigenvalue weighted by Crippen LogP contribution is -2.47. The van der Waals surface area contributed by atoms with Gasteiger partial charge in [0.05, 0.1) is 0 Å². The van der Waals surface area contributed by atoms with Gasteiger partial charge in [0, 0.05) is 18.9 Å². The van der Waals surface area contributed by atoms with Gasteiger partial charge in [-0.2, -0.15) is 13.2 Å². The minimum atomic E-state index is -4.82. The molecule has 0 spiro atoms. The molecule has 1 aliphatic carbocycles. The van der Waals surface area contributed by atoms with Crippen molar-refractivity contribution in [2.24, 2.45) is 0 Å². The Morgan fingerprint density at radius 2 is 1.60 bits per heavy atom. The number of hydrogen-bond donors (Lipinski definition) is 2. The molecule has 0 saturated carbocycles. The summed E-state index contributed by atoms with van der Waals surface area (Å²) in [4.78, 5) is 36.7. The van der Waals surface area contributed by atoms with Crippen molar-refractivity contribution >= 4 is 18.0 Å². The number of halogens is 3. The molecular weight excluding hydrogens is 465 g/mol. The molecule has 2 atom stereocenters. The number of fused-ring (bicyclic) bond motifs is 3. The first kappa shape index (κ1) is 26.1. The zero-order chi connectivity index (χ0) is 25.8. The molecule has 2 N–H and O–H groups in total. The highest BCUT2D eigenvalue weighted by atomic mass is 19.4. The first-order valence-corrected chi connectivity index (χ1v) is 11.2. The van der Waals surface area contributed by atoms with Crippen molar-refractivity contribution in [3.05, 3.63) is 59.7 Å². The number of aliphatic carboxylic acids is 1. The second-order valence-electron chi connectivity index (χ2n) is 8.30. The minimum Gasteiger partial charge on any atom is -0.480 e. The van der Waals surface area contributed by atoms with E-state index in [2.05, 4.69) is 0 Å². The predicted molar refractivity (Wildman–Crippen MR) is 122 cm³/mol. The van der Waals surface area contributed by atoms with Gasteiger partial charge in [-0.25, -0.2) is 9.59 Å². The Balaban J connectivity index is 1.63. The van der Waals surface area contributed by atoms with E-state index < -0.39 is 49.1 Å². The quantitative estimate of drug-likeness (QED) is 0.535. The Bertz CT molecular complexity index is 1040. The van der Waals surface area contributed by atoms with Gasteiger partial charge < -0.3 is 20.1 Å². The second-order valence-corrected chi connectivity index (χ2v) is 8.30. The molecule has 7 nitrogen and oxygen atoms in total. The molecule has 1 aliphatic rings. The number of likely N-dealkylation sites (N-methyl/N-ethyl adjacent to an activating group) is 1. The lowest BCUT2D eigenvalue weighted by molar-refractivity contribution is -0.159. The zero-order valence-corrected chi connectivity index (χ0v) is 19.3. The molecule has 2 aromatic rings. The Labute approximate surface area is 200 Å². The van der Waals surface area contributed by atoms with Gasteiger partial charge in [0.15, 0.2) is 0 Å². The van der Waals surface area contributed by atoms with Crippen LogP contribution in [0.15, 0.2) is 48.5 Å². The predicted octanol–water partition coefficient (Wildman–Crippen LogP) is 4.56. The number of carboxylic acids is 1. The first-order chi connectivity index (χ1) is 16.5. The lowest BCUT2D eigenvalue weighted by atomic mass is 9.98. The van der Waals surface area contributed by atoms with Crippen LogP contribution in [0.3, 0.4) is 0 Å². The fourth-order valence-corrected chi connectivity index (χ4v) is 4.31. The summed E-state index contributed by atoms with van der Waals surface area (Å²) in [6, 6.07) is 11.6. The molecule has 1 unspecified atom stereocenters. The number of alkyl carbamates (subject to hydrolysis) is 1. The summed E-state index contributed by atoms with van der Waals surface area (Å²) in [6.45, 7) is 2.69. The van der Waals surface area contributed by atoms with Gasteiger partial charge in [0.2, 0.25) is 5.91 Å². The smallest absolute Gasteiger partial charge is 0.408 e. The highest BCUT2D eigenvalue weighted by Crippen LogP contribution is 2.44. The number of amides is 2. The van der Waals surface area contributed by atoms with Crippen LogP contribution >= 0.6 is 0 Å². The Morgan fingerprint density at radius 3 is 2.09 bits per heavy atom. The number of nitrogens with one attached hydrogen (secondary N) is 1. The maximum absolute atomic E-state index is 13.5. The van der Waals surface area contributed by atoms with E-state index in [9.17, 15) is 27.6 Å². The van der Waals surface area contributed by atoms with E-state index in [0.717, 1.165) is 27.2 Å². The van der Waals surface area contributed by atoms with Crippen LogP contribution in [0.4, 0.5) is 18.0 Å². The van der Waals surface area contributed by atoms with E-state index in [0.29, 0.717) is 0 Å². The Kier molecular flexibility index (Phi) is 8.03. The number of carbonyl (C=O) groups is 3. The zero-order valence-electron chi connectivity index (χ0n) is 19.3. The minimum absolute atomic E-state index is 0.0305. The summed E-state index contributed by atoms with van der Waals surface area (Å²) >= 11 is 0. The molecule has 10 heteroatoms. The van der Waals surface area contributed by atoms with E-state index in [4.69, 9.17) is 9.84 Å². The van der Waals surface area contributed by atoms with Crippen LogP contribution in [0.5, 0.6) is 0 Å². The number of ether oxygens (including phenoxy) is 1. The second kappa shape index (κ2) is 10.8. The van der Waals surface area contributed by atoms with Crippen LogP contribution in [0.1, 0.15) is 43.7 Å². The van der Waals surface area contributed by atoms with Gasteiger partial charge in [-0.3, -0.25) is 4.79 Å². The first-order valence-electron chi connectivity index (χ1n) is 11.2. The summed E-state index contributed by atoms with van der Waals surface area (Å²) in [6.07, 6.45) is -7.39. The fraction of sp³-hybridized carbons (Fsp3) is 0.400. The highest BCUT2D eigenvalue weighted by Gasteiger charge is 2.41. The summed E-state index contributed by atoms with van der Waals surface area (Å²) < 4.78 is 45.8. The van der Waals surface area contributed by atoms with Gasteiger partial charge >= 0.3 is 18.2 Å². The maximum atomic E-state index is 13.5. The summed E-state index contributed by atoms with van der Waals surface area (Å²) in [5, 5.41) is 10.9. The summed E-state index contributed by atoms with van der Waals surface area (Å²) in [5.41, 5.74) is 3.82. The number of benzene rings is 2. The fourth-order valence-electron chi connectivity index (χ4n) is 4.31. The molecule has 188 valence electrons. The van der Waals surface area contributed by atoms with E-state index in [1.807, 2.05) is 53.8 Å². The normalized spacial score (nSPS) is 14.4. The van der Waals surface area contributed by atoms with Crippen molar-refractivity contribution in [1.29, 1.82) is 0 Å². The van der Waals surface area contributed by atoms with Crippen LogP contribution < -0.4 is 5.32 Å². The third-order valence-corrected chi connectivity index (χ3v) is 6.16. The van der Waals surface area contributed by atoms with E-state index >= 15 is 0 Å². The van der Waals surface area contributed by atoms with Crippen molar-refractivity contribution in [2.75, 3.05) is 13.2 Å². The molecule has 0 aliphatic heterocycles. The number of nitrogens with zero attached hydrogens (tertiary/aromatic N) is 1. The SMILES string of the molecule is CCN(C(=O)CC[C@H](NC(=O)OCC1c2ccccc2-c2ccccc21)C(F)(F)F)C(C)C(=O)O. The summed E-state index contributed by atoms with van der Waals surface area (Å²) in [5.74, 6) is -2.31. The van der Waals surface area contributed by atoms with Gasteiger partial charge in [-0.05, 0) is 42.5 Å². The lowest BCUT2D eigenvalue weighted by Gasteiger charge is -2.27. The van der Waals surface area contributed by atoms with Crippen LogP contribution in [-0.2, 0) is 14.3 Å². The molecule has 0 fully saturated rings. The third kappa shape index (κ3) is 5.93. The highest BCUT2D eigenvalue weighted by molar-refractivity contribution is 5.83. The Morgan fingerprint density at radius 1 is 1.06 bits per heavy atom. The van der Waals surface area contributed by atoms with Crippen molar-refractivity contribution in [1.82, 2.24) is 10.2 Å². The number of carboxylic acid groups (broad SMARTS) is 1. The van der Waals surface area contributed by atoms with Crippen LogP contribution in [0.2, 0.25) is 0 Å². The van der Waals surface area contributed by atoms with E-state index in [1.54, 1.807) is 0 Å². The molecule has 35 heavy (non-hydrogen) atoms. The average molecular weight is 492 g/mol. The van der Waals surface area contributed by atoms with Gasteiger partial charge in [-0.15, -0.1) is 0 Å². The molecule has 0 saturated heterocycles. The van der Waals surface area contributed by atoms with Crippen LogP contribution in [0, 0.1) is 0 Å². The average Bonchev–Trinajstić information content (AvgIpc) is 3.13. The number of carbonyl (C=O) groups excluding carboxylic acids is 2. The molecule has 3 rings (SSSR count). The molecule has 0 aromatic heterocycles. The van der Waals surface area contributed by atoms with Crippen LogP contribution in [-0.4, -0.2) is 59.4 Å². The van der Waals surface area contributed by atoms with Crippen molar-refractivity contribution in [2.45, 2.75) is 50.9 Å². The molecule has 2 amide bonds. The van der Waals surface area contributed by atoms with Gasteiger partial charge in [-0.1, -0.05) is 48.5 Å². The molecule has 2 aromatic carbocycles. The maximum Gasteiger partial charge on any atom is 0.408 e. The van der Waals surface area contributed by atoms with Crippen LogP contribution in [0.25, 0.3) is 11.1 Å². The van der Waals surface area contributed by atoms with Crippen molar-refractivity contribution in [3.8, 4) is 11.1 Å². The summed E-state index contributed by atoms with van der Waals surface area (Å²) in [7, 11) is 0. The van der Waals surface area contributed by atoms with E-state index in [-0.39, 0.29) is 19.1 Å². The van der Waals surface area contributed by atoms with E-state index in [1.165, 1.54) is 13.8 Å². The number of alkyl halides is 3. The largest absolute Gasteiger partial charge is 0.480 e. The third-order valence-electron chi connectivity index (χ3n) is 6.16. The van der Waals surface area contributed by atoms with Crippen molar-refractivity contribution in [3.63, 3.8) is 0 Å². The monoisotopic (exact) mass is 492 g/mol. The molecule has 0 bridgehead atoms. The molecular formula is C25H27F3N2O5. The van der Waals surface area contributed by atoms with Crippen molar-refractivity contribution < 1.29 is 37.4 Å². The Hall–Kier alpha value is -3.56. The van der Waals surface area contributed by atoms with Gasteiger partial charge in [0.1, 0.15) is 18.7 Å². The number of rotatable bonds is 9. The molecule has 0 radical (unpaired) electrons. The standard InChI is InChI=1S/C25H27F3N2O5/c1-3-30(15(2)23(32)33)22(31)13-12-21(25(26,27)28)29-24(34)35-14-20-18-10-6-4-8-16(18)17-9-5-7-11-19(17)20/h4-11,15,20-21H,3,12-14H2,1-2H3,(H,29,34)(H,32,33)/t15?,21-/m0/s1. The molecule has 0 heterocycles. The number of hydrogen-bond acceptors (Lipinski definition) is 4.